The highest BCUT2D eigenvalue weighted by Gasteiger charge is 2.20. The van der Waals surface area contributed by atoms with Gasteiger partial charge in [-0.05, 0) is 23.8 Å². The van der Waals surface area contributed by atoms with Gasteiger partial charge in [0.25, 0.3) is 0 Å². The van der Waals surface area contributed by atoms with Gasteiger partial charge < -0.3 is 9.80 Å². The molecule has 5 heteroatoms. The lowest BCUT2D eigenvalue weighted by Gasteiger charge is -2.36. The molecule has 2 aromatic rings. The van der Waals surface area contributed by atoms with Crippen LogP contribution in [0, 0.1) is 5.82 Å². The predicted octanol–water partition coefficient (Wildman–Crippen LogP) is 3.80. The fourth-order valence-corrected chi connectivity index (χ4v) is 3.89. The Hall–Kier alpha value is -2.01. The molecule has 0 unspecified atom stereocenters. The second-order valence-corrected chi connectivity index (χ2v) is 7.20. The zero-order chi connectivity index (χ0) is 17.5. The van der Waals surface area contributed by atoms with Crippen LogP contribution in [-0.4, -0.2) is 42.7 Å². The molecule has 1 heterocycles. The van der Waals surface area contributed by atoms with Crippen LogP contribution in [-0.2, 0) is 10.5 Å². The highest BCUT2D eigenvalue weighted by molar-refractivity contribution is 7.98. The van der Waals surface area contributed by atoms with Gasteiger partial charge in [-0.1, -0.05) is 36.4 Å². The molecule has 2 aromatic carbocycles. The number of halogens is 1. The van der Waals surface area contributed by atoms with Crippen molar-refractivity contribution in [1.82, 2.24) is 4.90 Å². The summed E-state index contributed by atoms with van der Waals surface area (Å²) in [5.74, 6) is 1.38. The summed E-state index contributed by atoms with van der Waals surface area (Å²) in [7, 11) is 0. The molecule has 1 aliphatic heterocycles. The van der Waals surface area contributed by atoms with Crippen LogP contribution in [0.2, 0.25) is 0 Å². The molecule has 132 valence electrons. The quantitative estimate of drug-likeness (QED) is 0.734. The maximum absolute atomic E-state index is 13.5. The summed E-state index contributed by atoms with van der Waals surface area (Å²) in [5, 5.41) is 0. The maximum Gasteiger partial charge on any atom is 0.223 e. The minimum absolute atomic E-state index is 0.168. The molecular formula is C20H23FN2OS. The lowest BCUT2D eigenvalue weighted by molar-refractivity contribution is -0.131. The van der Waals surface area contributed by atoms with Gasteiger partial charge >= 0.3 is 0 Å². The highest BCUT2D eigenvalue weighted by atomic mass is 32.2. The average molecular weight is 358 g/mol. The van der Waals surface area contributed by atoms with Crippen LogP contribution in [0.5, 0.6) is 0 Å². The lowest BCUT2D eigenvalue weighted by Crippen LogP contribution is -2.48. The minimum Gasteiger partial charge on any atom is -0.368 e. The highest BCUT2D eigenvalue weighted by Crippen LogP contribution is 2.18. The normalized spacial score (nSPS) is 14.6. The Balaban J connectivity index is 1.37. The van der Waals surface area contributed by atoms with E-state index in [0.717, 1.165) is 31.9 Å². The van der Waals surface area contributed by atoms with Gasteiger partial charge in [-0.25, -0.2) is 4.39 Å². The topological polar surface area (TPSA) is 23.6 Å². The molecule has 25 heavy (non-hydrogen) atoms. The van der Waals surface area contributed by atoms with E-state index in [1.807, 2.05) is 29.2 Å². The zero-order valence-corrected chi connectivity index (χ0v) is 15.1. The Kier molecular flexibility index (Phi) is 6.34. The standard InChI is InChI=1S/C20H23FN2OS/c21-19-9-5-4-6-17(19)16-25-15-10-20(24)23-13-11-22(12-14-23)18-7-2-1-3-8-18/h1-9H,10-16H2. The molecule has 0 radical (unpaired) electrons. The van der Waals surface area contributed by atoms with Crippen molar-refractivity contribution in [3.8, 4) is 0 Å². The SMILES string of the molecule is O=C(CCSCc1ccccc1F)N1CCN(c2ccccc2)CC1. The van der Waals surface area contributed by atoms with Crippen LogP contribution >= 0.6 is 11.8 Å². The molecule has 0 N–H and O–H groups in total. The molecule has 3 rings (SSSR count). The molecule has 0 saturated carbocycles. The Labute approximate surface area is 152 Å². The number of carbonyl (C=O) groups excluding carboxylic acids is 1. The summed E-state index contributed by atoms with van der Waals surface area (Å²) >= 11 is 1.61. The summed E-state index contributed by atoms with van der Waals surface area (Å²) in [6.07, 6.45) is 0.518. The van der Waals surface area contributed by atoms with Gasteiger partial charge in [0.2, 0.25) is 5.91 Å². The van der Waals surface area contributed by atoms with E-state index >= 15 is 0 Å². The Morgan fingerprint density at radius 2 is 1.64 bits per heavy atom. The average Bonchev–Trinajstić information content (AvgIpc) is 2.67. The first-order chi connectivity index (χ1) is 12.2. The van der Waals surface area contributed by atoms with Crippen LogP contribution in [0.25, 0.3) is 0 Å². The Morgan fingerprint density at radius 3 is 2.36 bits per heavy atom. The van der Waals surface area contributed by atoms with Crippen LogP contribution in [0.1, 0.15) is 12.0 Å². The van der Waals surface area contributed by atoms with E-state index in [1.165, 1.54) is 11.8 Å². The molecule has 0 atom stereocenters. The van der Waals surface area contributed by atoms with E-state index in [9.17, 15) is 9.18 Å². The van der Waals surface area contributed by atoms with E-state index in [2.05, 4.69) is 17.0 Å². The number of hydrogen-bond donors (Lipinski definition) is 0. The lowest BCUT2D eigenvalue weighted by atomic mass is 10.2. The van der Waals surface area contributed by atoms with Gasteiger partial charge in [0.05, 0.1) is 0 Å². The van der Waals surface area contributed by atoms with Crippen LogP contribution < -0.4 is 4.90 Å². The first-order valence-corrected chi connectivity index (χ1v) is 9.78. The van der Waals surface area contributed by atoms with Crippen molar-refractivity contribution in [3.05, 3.63) is 66.0 Å². The third-order valence-corrected chi connectivity index (χ3v) is 5.44. The van der Waals surface area contributed by atoms with Crippen molar-refractivity contribution >= 4 is 23.4 Å². The second kappa shape index (κ2) is 8.90. The molecule has 0 aromatic heterocycles. The molecule has 1 aliphatic rings. The molecule has 0 aliphatic carbocycles. The number of carbonyl (C=O) groups is 1. The number of thioether (sulfide) groups is 1. The number of piperazine rings is 1. The van der Waals surface area contributed by atoms with E-state index in [-0.39, 0.29) is 11.7 Å². The second-order valence-electron chi connectivity index (χ2n) is 6.10. The largest absolute Gasteiger partial charge is 0.368 e. The van der Waals surface area contributed by atoms with E-state index in [4.69, 9.17) is 0 Å². The molecule has 0 bridgehead atoms. The number of benzene rings is 2. The fraction of sp³-hybridized carbons (Fsp3) is 0.350. The summed E-state index contributed by atoms with van der Waals surface area (Å²) < 4.78 is 13.5. The van der Waals surface area contributed by atoms with Gasteiger partial charge in [-0.3, -0.25) is 4.79 Å². The number of para-hydroxylation sites is 1. The monoisotopic (exact) mass is 358 g/mol. The first-order valence-electron chi connectivity index (χ1n) is 8.63. The molecular weight excluding hydrogens is 335 g/mol. The molecule has 1 amide bonds. The van der Waals surface area contributed by atoms with Crippen LogP contribution in [0.15, 0.2) is 54.6 Å². The van der Waals surface area contributed by atoms with Gasteiger partial charge in [0.1, 0.15) is 5.82 Å². The summed E-state index contributed by atoms with van der Waals surface area (Å²) in [4.78, 5) is 16.6. The van der Waals surface area contributed by atoms with Crippen molar-refractivity contribution in [2.45, 2.75) is 12.2 Å². The van der Waals surface area contributed by atoms with Gasteiger partial charge in [-0.2, -0.15) is 11.8 Å². The third kappa shape index (κ3) is 4.98. The zero-order valence-electron chi connectivity index (χ0n) is 14.2. The van der Waals surface area contributed by atoms with Crippen molar-refractivity contribution in [2.75, 3.05) is 36.8 Å². The Bertz CT molecular complexity index is 687. The van der Waals surface area contributed by atoms with E-state index < -0.39 is 0 Å². The number of hydrogen-bond acceptors (Lipinski definition) is 3. The maximum atomic E-state index is 13.5. The molecule has 1 saturated heterocycles. The molecule has 0 spiro atoms. The first kappa shape index (κ1) is 17.8. The third-order valence-electron chi connectivity index (χ3n) is 4.43. The van der Waals surface area contributed by atoms with Crippen molar-refractivity contribution < 1.29 is 9.18 Å². The smallest absolute Gasteiger partial charge is 0.223 e. The predicted molar refractivity (Wildman–Crippen MR) is 102 cm³/mol. The summed E-state index contributed by atoms with van der Waals surface area (Å²) in [6, 6.07) is 17.1. The van der Waals surface area contributed by atoms with Crippen LogP contribution in [0.4, 0.5) is 10.1 Å². The van der Waals surface area contributed by atoms with Gasteiger partial charge in [-0.15, -0.1) is 0 Å². The van der Waals surface area contributed by atoms with E-state index in [1.54, 1.807) is 23.9 Å². The summed E-state index contributed by atoms with van der Waals surface area (Å²) in [6.45, 7) is 3.29. The van der Waals surface area contributed by atoms with Crippen molar-refractivity contribution in [3.63, 3.8) is 0 Å². The molecule has 1 fully saturated rings. The van der Waals surface area contributed by atoms with Crippen LogP contribution in [0.3, 0.4) is 0 Å². The number of anilines is 1. The summed E-state index contributed by atoms with van der Waals surface area (Å²) in [5.41, 5.74) is 1.92. The number of amides is 1. The number of nitrogens with zero attached hydrogens (tertiary/aromatic N) is 2. The number of rotatable bonds is 6. The van der Waals surface area contributed by atoms with E-state index in [0.29, 0.717) is 17.7 Å². The van der Waals surface area contributed by atoms with Crippen molar-refractivity contribution in [1.29, 1.82) is 0 Å². The fourth-order valence-electron chi connectivity index (χ4n) is 2.97. The minimum atomic E-state index is -0.168. The molecule has 3 nitrogen and oxygen atoms in total. The van der Waals surface area contributed by atoms with Gasteiger partial charge in [0, 0.05) is 49.8 Å². The Morgan fingerprint density at radius 1 is 0.960 bits per heavy atom. The van der Waals surface area contributed by atoms with Gasteiger partial charge in [0.15, 0.2) is 0 Å². The van der Waals surface area contributed by atoms with Crippen molar-refractivity contribution in [2.24, 2.45) is 0 Å².